The zero-order valence-corrected chi connectivity index (χ0v) is 11.5. The maximum absolute atomic E-state index is 13.3. The smallest absolute Gasteiger partial charge is 0.281 e. The van der Waals surface area contributed by atoms with E-state index in [0.717, 1.165) is 5.56 Å². The van der Waals surface area contributed by atoms with E-state index in [1.807, 2.05) is 0 Å². The van der Waals surface area contributed by atoms with E-state index in [1.54, 1.807) is 6.92 Å². The molecular weight excluding hydrogens is 308 g/mol. The van der Waals surface area contributed by atoms with Gasteiger partial charge in [0, 0.05) is 4.90 Å². The first-order valence-corrected chi connectivity index (χ1v) is 7.13. The van der Waals surface area contributed by atoms with Crippen molar-refractivity contribution in [3.63, 3.8) is 0 Å². The lowest BCUT2D eigenvalue weighted by Gasteiger charge is -2.23. The summed E-state index contributed by atoms with van der Waals surface area (Å²) in [6.07, 6.45) is 0. The van der Waals surface area contributed by atoms with Gasteiger partial charge in [-0.3, -0.25) is 4.55 Å². The van der Waals surface area contributed by atoms with Crippen molar-refractivity contribution < 1.29 is 30.5 Å². The molecule has 0 aliphatic carbocycles. The molecule has 0 fully saturated rings. The number of halogens is 4. The summed E-state index contributed by atoms with van der Waals surface area (Å²) in [4.78, 5) is -0.195. The summed E-state index contributed by atoms with van der Waals surface area (Å²) in [5, 5.41) is -10.6. The number of thioether (sulfide) groups is 1. The average molecular weight is 318 g/mol. The van der Waals surface area contributed by atoms with Gasteiger partial charge in [-0.15, -0.1) is 0 Å². The zero-order chi connectivity index (χ0) is 15.1. The molecule has 0 aromatic heterocycles. The summed E-state index contributed by atoms with van der Waals surface area (Å²) in [7, 11) is -6.21. The number of rotatable bonds is 4. The van der Waals surface area contributed by atoms with Crippen LogP contribution in [-0.2, 0) is 10.1 Å². The molecule has 3 nitrogen and oxygen atoms in total. The number of aryl methyl sites for hydroxylation is 2. The van der Waals surface area contributed by atoms with Gasteiger partial charge in [-0.25, -0.2) is 0 Å². The largest absolute Gasteiger partial charge is 0.442 e. The van der Waals surface area contributed by atoms with Crippen LogP contribution < -0.4 is 0 Å². The highest BCUT2D eigenvalue weighted by Crippen LogP contribution is 2.49. The van der Waals surface area contributed by atoms with Crippen molar-refractivity contribution in [1.82, 2.24) is 0 Å². The molecule has 19 heavy (non-hydrogen) atoms. The fourth-order valence-electron chi connectivity index (χ4n) is 1.26. The lowest BCUT2D eigenvalue weighted by Crippen LogP contribution is -2.44. The van der Waals surface area contributed by atoms with Gasteiger partial charge in [0.2, 0.25) is 0 Å². The molecule has 0 amide bonds. The van der Waals surface area contributed by atoms with Crippen molar-refractivity contribution in [2.24, 2.45) is 0 Å². The van der Waals surface area contributed by atoms with E-state index in [1.165, 1.54) is 25.1 Å². The Morgan fingerprint density at radius 3 is 2.11 bits per heavy atom. The molecule has 0 aliphatic heterocycles. The SMILES string of the molecule is Cc1ccc(SC(F)(F)C(F)(F)S(=O)(=O)O)c(C)c1. The van der Waals surface area contributed by atoms with E-state index >= 15 is 0 Å². The van der Waals surface area contributed by atoms with Crippen LogP contribution in [0, 0.1) is 13.8 Å². The second-order valence-corrected chi connectivity index (χ2v) is 6.50. The van der Waals surface area contributed by atoms with Crippen molar-refractivity contribution in [2.45, 2.75) is 29.3 Å². The normalized spacial score (nSPS) is 13.6. The van der Waals surface area contributed by atoms with Gasteiger partial charge in [-0.1, -0.05) is 17.7 Å². The quantitative estimate of drug-likeness (QED) is 0.525. The van der Waals surface area contributed by atoms with Crippen LogP contribution in [0.5, 0.6) is 0 Å². The second kappa shape index (κ2) is 4.95. The van der Waals surface area contributed by atoms with Gasteiger partial charge in [-0.2, -0.15) is 26.0 Å². The van der Waals surface area contributed by atoms with Crippen molar-refractivity contribution >= 4 is 21.9 Å². The van der Waals surface area contributed by atoms with Crippen LogP contribution >= 0.6 is 11.8 Å². The molecule has 0 spiro atoms. The molecule has 0 heterocycles. The summed E-state index contributed by atoms with van der Waals surface area (Å²) in [6.45, 7) is 3.11. The van der Waals surface area contributed by atoms with E-state index in [0.29, 0.717) is 5.56 Å². The summed E-state index contributed by atoms with van der Waals surface area (Å²) >= 11 is -0.607. The Morgan fingerprint density at radius 2 is 1.68 bits per heavy atom. The molecule has 108 valence electrons. The molecule has 9 heteroatoms. The standard InChI is InChI=1S/C10H10F4O3S2/c1-6-3-4-8(7(2)5-6)18-9(11,12)10(13,14)19(15,16)17/h3-5H,1-2H3,(H,15,16,17). The predicted molar refractivity (Wildman–Crippen MR) is 63.2 cm³/mol. The zero-order valence-electron chi connectivity index (χ0n) is 9.82. The van der Waals surface area contributed by atoms with E-state index in [9.17, 15) is 26.0 Å². The highest BCUT2D eigenvalue weighted by Gasteiger charge is 2.66. The molecular formula is C10H10F4O3S2. The van der Waals surface area contributed by atoms with Crippen LogP contribution in [0.3, 0.4) is 0 Å². The fourth-order valence-corrected chi connectivity index (χ4v) is 2.75. The lowest BCUT2D eigenvalue weighted by atomic mass is 10.2. The van der Waals surface area contributed by atoms with Crippen LogP contribution in [0.4, 0.5) is 17.6 Å². The predicted octanol–water partition coefficient (Wildman–Crippen LogP) is 3.47. The molecule has 0 aliphatic rings. The number of hydrogen-bond acceptors (Lipinski definition) is 3. The third-order valence-corrected chi connectivity index (χ3v) is 4.46. The van der Waals surface area contributed by atoms with Gasteiger partial charge >= 0.3 is 20.6 Å². The molecule has 0 bridgehead atoms. The van der Waals surface area contributed by atoms with Crippen molar-refractivity contribution in [1.29, 1.82) is 0 Å². The van der Waals surface area contributed by atoms with Gasteiger partial charge in [-0.05, 0) is 37.2 Å². The molecule has 1 rings (SSSR count). The first kappa shape index (κ1) is 16.3. The Bertz CT molecular complexity index is 584. The van der Waals surface area contributed by atoms with Crippen LogP contribution in [0.1, 0.15) is 11.1 Å². The summed E-state index contributed by atoms with van der Waals surface area (Å²) < 4.78 is 81.6. The molecule has 0 unspecified atom stereocenters. The molecule has 1 aromatic carbocycles. The number of hydrogen-bond donors (Lipinski definition) is 1. The topological polar surface area (TPSA) is 54.4 Å². The van der Waals surface area contributed by atoms with Crippen molar-refractivity contribution in [3.8, 4) is 0 Å². The monoisotopic (exact) mass is 318 g/mol. The minimum atomic E-state index is -6.21. The minimum absolute atomic E-state index is 0.195. The van der Waals surface area contributed by atoms with Gasteiger partial charge in [0.25, 0.3) is 0 Å². The minimum Gasteiger partial charge on any atom is -0.281 e. The summed E-state index contributed by atoms with van der Waals surface area (Å²) in [5.41, 5.74) is 1.04. The van der Waals surface area contributed by atoms with Gasteiger partial charge in [0.05, 0.1) is 0 Å². The third kappa shape index (κ3) is 3.21. The number of benzene rings is 1. The Hall–Kier alpha value is -0.800. The van der Waals surface area contributed by atoms with Crippen LogP contribution in [0.25, 0.3) is 0 Å². The molecule has 0 atom stereocenters. The summed E-state index contributed by atoms with van der Waals surface area (Å²) in [6, 6.07) is 4.10. The Morgan fingerprint density at radius 1 is 1.16 bits per heavy atom. The van der Waals surface area contributed by atoms with Crippen LogP contribution in [-0.4, -0.2) is 23.5 Å². The highest BCUT2D eigenvalue weighted by atomic mass is 32.2. The van der Waals surface area contributed by atoms with Crippen molar-refractivity contribution in [2.75, 3.05) is 0 Å². The van der Waals surface area contributed by atoms with Gasteiger partial charge in [0.1, 0.15) is 0 Å². The van der Waals surface area contributed by atoms with Crippen LogP contribution in [0.2, 0.25) is 0 Å². The average Bonchev–Trinajstić information content (AvgIpc) is 2.20. The summed E-state index contributed by atoms with van der Waals surface area (Å²) in [5.74, 6) is 0. The molecule has 1 aromatic rings. The first-order valence-electron chi connectivity index (χ1n) is 4.87. The van der Waals surface area contributed by atoms with Gasteiger partial charge in [0.15, 0.2) is 0 Å². The molecule has 0 saturated heterocycles. The molecule has 0 radical (unpaired) electrons. The van der Waals surface area contributed by atoms with E-state index in [2.05, 4.69) is 0 Å². The maximum Gasteiger partial charge on any atom is 0.442 e. The van der Waals surface area contributed by atoms with E-state index in [-0.39, 0.29) is 4.90 Å². The fraction of sp³-hybridized carbons (Fsp3) is 0.400. The second-order valence-electron chi connectivity index (χ2n) is 3.88. The third-order valence-electron chi connectivity index (χ3n) is 2.23. The maximum atomic E-state index is 13.3. The van der Waals surface area contributed by atoms with Crippen LogP contribution in [0.15, 0.2) is 23.1 Å². The first-order chi connectivity index (χ1) is 8.38. The van der Waals surface area contributed by atoms with Crippen molar-refractivity contribution in [3.05, 3.63) is 29.3 Å². The highest BCUT2D eigenvalue weighted by molar-refractivity contribution is 8.01. The Kier molecular flexibility index (Phi) is 4.23. The Labute approximate surface area is 111 Å². The lowest BCUT2D eigenvalue weighted by molar-refractivity contribution is -0.0946. The van der Waals surface area contributed by atoms with Gasteiger partial charge < -0.3 is 0 Å². The number of alkyl halides is 4. The molecule has 0 saturated carbocycles. The van der Waals surface area contributed by atoms with E-state index < -0.39 is 32.4 Å². The Balaban J connectivity index is 3.16. The van der Waals surface area contributed by atoms with E-state index in [4.69, 9.17) is 4.55 Å². The molecule has 1 N–H and O–H groups in total.